The van der Waals surface area contributed by atoms with E-state index in [0.29, 0.717) is 23.4 Å². The van der Waals surface area contributed by atoms with Crippen molar-refractivity contribution < 1.29 is 19.1 Å². The fourth-order valence-corrected chi connectivity index (χ4v) is 3.19. The van der Waals surface area contributed by atoms with Crippen molar-refractivity contribution in [3.63, 3.8) is 0 Å². The molecule has 28 heavy (non-hydrogen) atoms. The van der Waals surface area contributed by atoms with Gasteiger partial charge in [0.15, 0.2) is 0 Å². The van der Waals surface area contributed by atoms with Gasteiger partial charge in [-0.1, -0.05) is 31.5 Å². The number of esters is 1. The van der Waals surface area contributed by atoms with Gasteiger partial charge in [-0.3, -0.25) is 9.59 Å². The van der Waals surface area contributed by atoms with E-state index in [2.05, 4.69) is 10.6 Å². The van der Waals surface area contributed by atoms with E-state index in [1.54, 1.807) is 24.3 Å². The van der Waals surface area contributed by atoms with Crippen LogP contribution in [0.2, 0.25) is 0 Å². The second-order valence-corrected chi connectivity index (χ2v) is 7.10. The molecule has 0 unspecified atom stereocenters. The van der Waals surface area contributed by atoms with Crippen molar-refractivity contribution in [2.75, 3.05) is 23.5 Å². The molecule has 0 saturated heterocycles. The van der Waals surface area contributed by atoms with Gasteiger partial charge in [-0.2, -0.15) is 0 Å². The van der Waals surface area contributed by atoms with Gasteiger partial charge in [0, 0.05) is 17.0 Å². The van der Waals surface area contributed by atoms with Crippen LogP contribution in [0, 0.1) is 0 Å². The van der Waals surface area contributed by atoms with E-state index in [1.165, 1.54) is 18.9 Å². The maximum atomic E-state index is 12.3. The number of para-hydroxylation sites is 1. The van der Waals surface area contributed by atoms with Crippen LogP contribution < -0.4 is 10.6 Å². The number of anilines is 2. The van der Waals surface area contributed by atoms with E-state index >= 15 is 0 Å². The van der Waals surface area contributed by atoms with Crippen molar-refractivity contribution in [2.45, 2.75) is 31.1 Å². The second kappa shape index (κ2) is 11.1. The number of carbonyl (C=O) groups excluding carboxylic acids is 3. The largest absolute Gasteiger partial charge is 0.465 e. The van der Waals surface area contributed by atoms with Crippen molar-refractivity contribution in [1.29, 1.82) is 0 Å². The predicted octanol–water partition coefficient (Wildman–Crippen LogP) is 4.33. The summed E-state index contributed by atoms with van der Waals surface area (Å²) in [4.78, 5) is 36.8. The quantitative estimate of drug-likeness (QED) is 0.483. The van der Waals surface area contributed by atoms with Gasteiger partial charge in [0.1, 0.15) is 0 Å². The van der Waals surface area contributed by atoms with E-state index in [-0.39, 0.29) is 17.6 Å². The average molecular weight is 401 g/mol. The summed E-state index contributed by atoms with van der Waals surface area (Å²) < 4.78 is 4.73. The molecule has 0 aromatic heterocycles. The molecule has 0 fully saturated rings. The number of methoxy groups -OCH3 is 1. The molecule has 6 nitrogen and oxygen atoms in total. The monoisotopic (exact) mass is 400 g/mol. The molecular formula is C21H24N2O4S. The smallest absolute Gasteiger partial charge is 0.339 e. The van der Waals surface area contributed by atoms with Gasteiger partial charge >= 0.3 is 5.97 Å². The number of hydrogen-bond donors (Lipinski definition) is 2. The normalized spacial score (nSPS) is 10.2. The van der Waals surface area contributed by atoms with Gasteiger partial charge in [0.25, 0.3) is 0 Å². The fraction of sp³-hybridized carbons (Fsp3) is 0.286. The van der Waals surface area contributed by atoms with Crippen LogP contribution >= 0.6 is 11.8 Å². The zero-order chi connectivity index (χ0) is 20.4. The molecule has 2 amide bonds. The number of amides is 2. The molecule has 148 valence electrons. The van der Waals surface area contributed by atoms with E-state index in [9.17, 15) is 14.4 Å². The summed E-state index contributed by atoms with van der Waals surface area (Å²) in [5.41, 5.74) is 1.43. The first-order valence-electron chi connectivity index (χ1n) is 9.03. The number of rotatable bonds is 9. The third-order valence-corrected chi connectivity index (χ3v) is 4.85. The van der Waals surface area contributed by atoms with E-state index in [1.807, 2.05) is 31.2 Å². The van der Waals surface area contributed by atoms with Crippen molar-refractivity contribution in [3.05, 3.63) is 54.1 Å². The highest BCUT2D eigenvalue weighted by Gasteiger charge is 2.13. The number of carbonyl (C=O) groups is 3. The van der Waals surface area contributed by atoms with E-state index in [4.69, 9.17) is 4.74 Å². The Hall–Kier alpha value is -2.80. The standard InChI is InChI=1S/C21H24N2O4S/c1-3-4-12-19(24)22-15-8-7-9-16(13-15)28-14-20(25)23-18-11-6-5-10-17(18)21(26)27-2/h5-11,13H,3-4,12,14H2,1-2H3,(H,22,24)(H,23,25). The Labute approximate surface area is 169 Å². The second-order valence-electron chi connectivity index (χ2n) is 6.05. The van der Waals surface area contributed by atoms with Gasteiger partial charge in [0.05, 0.1) is 24.1 Å². The zero-order valence-electron chi connectivity index (χ0n) is 16.0. The first-order chi connectivity index (χ1) is 13.5. The van der Waals surface area contributed by atoms with Crippen LogP contribution in [0.15, 0.2) is 53.4 Å². The Kier molecular flexibility index (Phi) is 8.55. The summed E-state index contributed by atoms with van der Waals surface area (Å²) in [5.74, 6) is -0.585. The minimum atomic E-state index is -0.505. The number of thioether (sulfide) groups is 1. The van der Waals surface area contributed by atoms with Crippen LogP contribution in [-0.4, -0.2) is 30.6 Å². The Bertz CT molecular complexity index is 839. The van der Waals surface area contributed by atoms with E-state index in [0.717, 1.165) is 17.7 Å². The van der Waals surface area contributed by atoms with Crippen molar-refractivity contribution >= 4 is 40.9 Å². The van der Waals surface area contributed by atoms with Crippen LogP contribution in [0.3, 0.4) is 0 Å². The maximum Gasteiger partial charge on any atom is 0.339 e. The number of hydrogen-bond acceptors (Lipinski definition) is 5. The summed E-state index contributed by atoms with van der Waals surface area (Å²) in [5, 5.41) is 5.60. The molecule has 0 heterocycles. The first-order valence-corrected chi connectivity index (χ1v) is 10.0. The maximum absolute atomic E-state index is 12.3. The Morgan fingerprint density at radius 3 is 2.54 bits per heavy atom. The Balaban J connectivity index is 1.92. The van der Waals surface area contributed by atoms with E-state index < -0.39 is 5.97 Å². The van der Waals surface area contributed by atoms with Crippen LogP contribution in [0.1, 0.15) is 36.5 Å². The molecule has 2 aromatic rings. The molecular weight excluding hydrogens is 376 g/mol. The fourth-order valence-electron chi connectivity index (χ4n) is 2.44. The molecule has 2 N–H and O–H groups in total. The molecule has 0 aliphatic heterocycles. The van der Waals surface area contributed by atoms with Crippen LogP contribution in [0.4, 0.5) is 11.4 Å². The number of benzene rings is 2. The molecule has 0 atom stereocenters. The minimum absolute atomic E-state index is 0.0128. The van der Waals surface area contributed by atoms with Crippen LogP contribution in [0.25, 0.3) is 0 Å². The third kappa shape index (κ3) is 6.74. The van der Waals surface area contributed by atoms with Gasteiger partial charge in [-0.25, -0.2) is 4.79 Å². The molecule has 0 radical (unpaired) electrons. The Morgan fingerprint density at radius 2 is 1.79 bits per heavy atom. The molecule has 0 saturated carbocycles. The lowest BCUT2D eigenvalue weighted by Crippen LogP contribution is -2.17. The molecule has 0 aliphatic rings. The minimum Gasteiger partial charge on any atom is -0.465 e. The zero-order valence-corrected chi connectivity index (χ0v) is 16.8. The number of unbranched alkanes of at least 4 members (excludes halogenated alkanes) is 1. The van der Waals surface area contributed by atoms with Gasteiger partial charge in [-0.05, 0) is 36.8 Å². The van der Waals surface area contributed by atoms with Crippen molar-refractivity contribution in [3.8, 4) is 0 Å². The highest BCUT2D eigenvalue weighted by Crippen LogP contribution is 2.23. The van der Waals surface area contributed by atoms with Crippen molar-refractivity contribution in [2.24, 2.45) is 0 Å². The third-order valence-electron chi connectivity index (χ3n) is 3.85. The lowest BCUT2D eigenvalue weighted by molar-refractivity contribution is -0.116. The lowest BCUT2D eigenvalue weighted by atomic mass is 10.2. The molecule has 7 heteroatoms. The summed E-state index contributed by atoms with van der Waals surface area (Å²) >= 11 is 1.35. The number of ether oxygens (including phenoxy) is 1. The lowest BCUT2D eigenvalue weighted by Gasteiger charge is -2.10. The summed E-state index contributed by atoms with van der Waals surface area (Å²) in [6, 6.07) is 14.1. The van der Waals surface area contributed by atoms with Crippen LogP contribution in [-0.2, 0) is 14.3 Å². The summed E-state index contributed by atoms with van der Waals surface area (Å²) in [6.07, 6.45) is 2.32. The summed E-state index contributed by atoms with van der Waals surface area (Å²) in [7, 11) is 1.30. The van der Waals surface area contributed by atoms with Gasteiger partial charge < -0.3 is 15.4 Å². The number of nitrogens with one attached hydrogen (secondary N) is 2. The van der Waals surface area contributed by atoms with Crippen molar-refractivity contribution in [1.82, 2.24) is 0 Å². The Morgan fingerprint density at radius 1 is 1.00 bits per heavy atom. The molecule has 0 bridgehead atoms. The first kappa shape index (κ1) is 21.5. The highest BCUT2D eigenvalue weighted by atomic mass is 32.2. The summed E-state index contributed by atoms with van der Waals surface area (Å²) in [6.45, 7) is 2.04. The molecule has 2 aromatic carbocycles. The molecule has 2 rings (SSSR count). The SMILES string of the molecule is CCCCC(=O)Nc1cccc(SCC(=O)Nc2ccccc2C(=O)OC)c1. The van der Waals surface area contributed by atoms with Gasteiger partial charge in [0.2, 0.25) is 11.8 Å². The van der Waals surface area contributed by atoms with Crippen LogP contribution in [0.5, 0.6) is 0 Å². The highest BCUT2D eigenvalue weighted by molar-refractivity contribution is 8.00. The van der Waals surface area contributed by atoms with Gasteiger partial charge in [-0.15, -0.1) is 11.8 Å². The average Bonchev–Trinajstić information content (AvgIpc) is 2.71. The molecule has 0 spiro atoms. The topological polar surface area (TPSA) is 84.5 Å². The molecule has 0 aliphatic carbocycles. The predicted molar refractivity (Wildman–Crippen MR) is 112 cm³/mol.